The summed E-state index contributed by atoms with van der Waals surface area (Å²) in [5, 5.41) is 5.56. The van der Waals surface area contributed by atoms with Crippen molar-refractivity contribution in [3.63, 3.8) is 0 Å². The highest BCUT2D eigenvalue weighted by molar-refractivity contribution is 6.04. The van der Waals surface area contributed by atoms with Gasteiger partial charge in [0, 0.05) is 62.4 Å². The largest absolute Gasteiger partial charge is 0.497 e. The summed E-state index contributed by atoms with van der Waals surface area (Å²) in [5.74, 6) is 1.12. The molecule has 3 rings (SSSR count). The van der Waals surface area contributed by atoms with Crippen LogP contribution in [0, 0.1) is 0 Å². The van der Waals surface area contributed by atoms with Gasteiger partial charge in [-0.15, -0.1) is 0 Å². The summed E-state index contributed by atoms with van der Waals surface area (Å²) in [6.45, 7) is 1.53. The van der Waals surface area contributed by atoms with Gasteiger partial charge in [-0.05, 0) is 31.0 Å². The SMILES string of the molecule is COc1cc(NC(=O)Nc2ccc(N(C)C)c(C(=O)N3CCCC3)c2)cc(OC)c1. The van der Waals surface area contributed by atoms with Gasteiger partial charge in [0.2, 0.25) is 0 Å². The minimum atomic E-state index is -0.428. The molecule has 0 bridgehead atoms. The zero-order valence-electron chi connectivity index (χ0n) is 17.8. The maximum atomic E-state index is 13.0. The van der Waals surface area contributed by atoms with Crippen LogP contribution in [0.1, 0.15) is 23.2 Å². The van der Waals surface area contributed by atoms with Crippen LogP contribution >= 0.6 is 0 Å². The molecule has 2 aromatic carbocycles. The molecule has 0 aliphatic carbocycles. The number of likely N-dealkylation sites (tertiary alicyclic amines) is 1. The molecule has 0 radical (unpaired) electrons. The molecule has 1 aliphatic heterocycles. The van der Waals surface area contributed by atoms with Gasteiger partial charge in [-0.1, -0.05) is 0 Å². The van der Waals surface area contributed by atoms with Crippen LogP contribution in [0.4, 0.5) is 21.9 Å². The van der Waals surface area contributed by atoms with Crippen LogP contribution in [0.25, 0.3) is 0 Å². The summed E-state index contributed by atoms with van der Waals surface area (Å²) in [6, 6.07) is 10.0. The van der Waals surface area contributed by atoms with Crippen LogP contribution in [0.15, 0.2) is 36.4 Å². The Kier molecular flexibility index (Phi) is 6.66. The average Bonchev–Trinajstić information content (AvgIpc) is 3.27. The van der Waals surface area contributed by atoms with Gasteiger partial charge in [0.15, 0.2) is 0 Å². The Morgan fingerprint density at radius 1 is 0.900 bits per heavy atom. The highest BCUT2D eigenvalue weighted by Gasteiger charge is 2.23. The first-order valence-corrected chi connectivity index (χ1v) is 9.83. The van der Waals surface area contributed by atoms with Gasteiger partial charge < -0.3 is 29.9 Å². The fourth-order valence-corrected chi connectivity index (χ4v) is 3.44. The number of anilines is 3. The van der Waals surface area contributed by atoms with E-state index in [2.05, 4.69) is 10.6 Å². The molecular formula is C22H28N4O4. The van der Waals surface area contributed by atoms with E-state index in [9.17, 15) is 9.59 Å². The topological polar surface area (TPSA) is 83.1 Å². The van der Waals surface area contributed by atoms with Crippen LogP contribution in [0.2, 0.25) is 0 Å². The lowest BCUT2D eigenvalue weighted by Gasteiger charge is -2.22. The van der Waals surface area contributed by atoms with Crippen molar-refractivity contribution >= 4 is 29.0 Å². The standard InChI is InChI=1S/C22H28N4O4/c1-25(2)20-8-7-15(13-19(20)21(27)26-9-5-6-10-26)23-22(28)24-16-11-17(29-3)14-18(12-16)30-4/h7-8,11-14H,5-6,9-10H2,1-4H3,(H2,23,24,28). The second-order valence-corrected chi connectivity index (χ2v) is 7.31. The summed E-state index contributed by atoms with van der Waals surface area (Å²) in [5.41, 5.74) is 2.45. The van der Waals surface area contributed by atoms with Gasteiger partial charge in [0.05, 0.1) is 19.8 Å². The predicted molar refractivity (Wildman–Crippen MR) is 118 cm³/mol. The Balaban J connectivity index is 1.78. The number of ether oxygens (including phenoxy) is 2. The molecule has 2 N–H and O–H groups in total. The number of carbonyl (C=O) groups is 2. The number of rotatable bonds is 6. The lowest BCUT2D eigenvalue weighted by Crippen LogP contribution is -2.29. The normalized spacial score (nSPS) is 13.0. The summed E-state index contributed by atoms with van der Waals surface area (Å²) < 4.78 is 10.5. The Morgan fingerprint density at radius 3 is 2.07 bits per heavy atom. The second-order valence-electron chi connectivity index (χ2n) is 7.31. The molecule has 0 aromatic heterocycles. The van der Waals surface area contributed by atoms with Crippen molar-refractivity contribution in [2.24, 2.45) is 0 Å². The van der Waals surface area contributed by atoms with E-state index in [-0.39, 0.29) is 5.91 Å². The molecule has 0 saturated carbocycles. The molecular weight excluding hydrogens is 384 g/mol. The summed E-state index contributed by atoms with van der Waals surface area (Å²) in [4.78, 5) is 29.3. The summed E-state index contributed by atoms with van der Waals surface area (Å²) in [7, 11) is 6.88. The van der Waals surface area contributed by atoms with Crippen molar-refractivity contribution in [3.05, 3.63) is 42.0 Å². The van der Waals surface area contributed by atoms with Crippen molar-refractivity contribution in [3.8, 4) is 11.5 Å². The van der Waals surface area contributed by atoms with Gasteiger partial charge >= 0.3 is 6.03 Å². The third-order valence-corrected chi connectivity index (χ3v) is 4.97. The van der Waals surface area contributed by atoms with Crippen LogP contribution in [-0.2, 0) is 0 Å². The number of methoxy groups -OCH3 is 2. The highest BCUT2D eigenvalue weighted by atomic mass is 16.5. The van der Waals surface area contributed by atoms with E-state index < -0.39 is 6.03 Å². The van der Waals surface area contributed by atoms with E-state index in [0.29, 0.717) is 28.4 Å². The number of hydrogen-bond acceptors (Lipinski definition) is 5. The van der Waals surface area contributed by atoms with Crippen molar-refractivity contribution in [2.75, 3.05) is 56.9 Å². The minimum absolute atomic E-state index is 0.0159. The number of amides is 3. The van der Waals surface area contributed by atoms with E-state index in [1.807, 2.05) is 30.0 Å². The van der Waals surface area contributed by atoms with Crippen molar-refractivity contribution in [1.82, 2.24) is 4.90 Å². The van der Waals surface area contributed by atoms with Crippen LogP contribution in [0.3, 0.4) is 0 Å². The van der Waals surface area contributed by atoms with Crippen LogP contribution < -0.4 is 25.0 Å². The maximum Gasteiger partial charge on any atom is 0.323 e. The van der Waals surface area contributed by atoms with Crippen molar-refractivity contribution < 1.29 is 19.1 Å². The van der Waals surface area contributed by atoms with E-state index >= 15 is 0 Å². The van der Waals surface area contributed by atoms with Crippen LogP contribution in [-0.4, -0.2) is 58.2 Å². The van der Waals surface area contributed by atoms with Gasteiger partial charge in [0.1, 0.15) is 11.5 Å². The molecule has 0 atom stereocenters. The summed E-state index contributed by atoms with van der Waals surface area (Å²) >= 11 is 0. The molecule has 30 heavy (non-hydrogen) atoms. The lowest BCUT2D eigenvalue weighted by atomic mass is 10.1. The molecule has 1 heterocycles. The number of hydrogen-bond donors (Lipinski definition) is 2. The maximum absolute atomic E-state index is 13.0. The summed E-state index contributed by atoms with van der Waals surface area (Å²) in [6.07, 6.45) is 2.04. The van der Waals surface area contributed by atoms with Gasteiger partial charge in [-0.25, -0.2) is 4.79 Å². The quantitative estimate of drug-likeness (QED) is 0.757. The number of carbonyl (C=O) groups excluding carboxylic acids is 2. The first kappa shape index (κ1) is 21.3. The number of urea groups is 1. The van der Waals surface area contributed by atoms with Crippen molar-refractivity contribution in [2.45, 2.75) is 12.8 Å². The monoisotopic (exact) mass is 412 g/mol. The van der Waals surface area contributed by atoms with E-state index in [0.717, 1.165) is 31.6 Å². The van der Waals surface area contributed by atoms with Crippen molar-refractivity contribution in [1.29, 1.82) is 0 Å². The molecule has 1 aliphatic rings. The number of benzene rings is 2. The average molecular weight is 412 g/mol. The fourth-order valence-electron chi connectivity index (χ4n) is 3.44. The van der Waals surface area contributed by atoms with Gasteiger partial charge in [-0.3, -0.25) is 4.79 Å². The Labute approximate surface area is 176 Å². The molecule has 0 spiro atoms. The molecule has 2 aromatic rings. The molecule has 1 saturated heterocycles. The third kappa shape index (κ3) is 4.94. The molecule has 8 heteroatoms. The van der Waals surface area contributed by atoms with E-state index in [1.54, 1.807) is 44.6 Å². The molecule has 0 unspecified atom stereocenters. The first-order valence-electron chi connectivity index (χ1n) is 9.83. The van der Waals surface area contributed by atoms with E-state index in [4.69, 9.17) is 9.47 Å². The van der Waals surface area contributed by atoms with Gasteiger partial charge in [0.25, 0.3) is 5.91 Å². The minimum Gasteiger partial charge on any atom is -0.497 e. The predicted octanol–water partition coefficient (Wildman–Crippen LogP) is 3.65. The lowest BCUT2D eigenvalue weighted by molar-refractivity contribution is 0.0793. The number of nitrogens with zero attached hydrogens (tertiary/aromatic N) is 2. The van der Waals surface area contributed by atoms with Crippen LogP contribution in [0.5, 0.6) is 11.5 Å². The molecule has 1 fully saturated rings. The molecule has 8 nitrogen and oxygen atoms in total. The second kappa shape index (κ2) is 9.39. The zero-order chi connectivity index (χ0) is 21.7. The smallest absolute Gasteiger partial charge is 0.323 e. The third-order valence-electron chi connectivity index (χ3n) is 4.97. The first-order chi connectivity index (χ1) is 14.4. The Morgan fingerprint density at radius 2 is 1.50 bits per heavy atom. The molecule has 3 amide bonds. The Hall–Kier alpha value is -3.42. The zero-order valence-corrected chi connectivity index (χ0v) is 17.8. The highest BCUT2D eigenvalue weighted by Crippen LogP contribution is 2.27. The van der Waals surface area contributed by atoms with Gasteiger partial charge in [-0.2, -0.15) is 0 Å². The van der Waals surface area contributed by atoms with E-state index in [1.165, 1.54) is 0 Å². The Bertz CT molecular complexity index is 901. The fraction of sp³-hybridized carbons (Fsp3) is 0.364. The number of nitrogens with one attached hydrogen (secondary N) is 2. The molecule has 160 valence electrons.